The first-order valence-corrected chi connectivity index (χ1v) is 5.08. The minimum absolute atomic E-state index is 0.508. The van der Waals surface area contributed by atoms with Gasteiger partial charge in [-0.15, -0.1) is 0 Å². The second-order valence-corrected chi connectivity index (χ2v) is 3.84. The van der Waals surface area contributed by atoms with Gasteiger partial charge in [-0.25, -0.2) is 4.79 Å². The normalized spacial score (nSPS) is 11.1. The van der Waals surface area contributed by atoms with Crippen molar-refractivity contribution in [3.8, 4) is 0 Å². The molecule has 0 bridgehead atoms. The quantitative estimate of drug-likeness (QED) is 0.765. The van der Waals surface area contributed by atoms with Crippen molar-refractivity contribution in [3.63, 3.8) is 0 Å². The van der Waals surface area contributed by atoms with Crippen LogP contribution in [0.5, 0.6) is 0 Å². The van der Waals surface area contributed by atoms with Crippen LogP contribution in [0, 0.1) is 0 Å². The molecular weight excluding hydrogens is 188 g/mol. The van der Waals surface area contributed by atoms with Crippen LogP contribution in [0.4, 0.5) is 0 Å². The van der Waals surface area contributed by atoms with Gasteiger partial charge in [0.15, 0.2) is 0 Å². The summed E-state index contributed by atoms with van der Waals surface area (Å²) in [5.74, 6) is -0.386. The third kappa shape index (κ3) is 3.98. The van der Waals surface area contributed by atoms with E-state index < -0.39 is 5.97 Å². The van der Waals surface area contributed by atoms with E-state index in [1.807, 2.05) is 12.1 Å². The fraction of sp³-hybridized carbons (Fsp3) is 0.308. The van der Waals surface area contributed by atoms with Gasteiger partial charge in [-0.1, -0.05) is 44.2 Å². The van der Waals surface area contributed by atoms with E-state index in [4.69, 9.17) is 5.11 Å². The van der Waals surface area contributed by atoms with Gasteiger partial charge in [0.2, 0.25) is 0 Å². The lowest BCUT2D eigenvalue weighted by molar-refractivity contribution is -0.131. The summed E-state index contributed by atoms with van der Waals surface area (Å²) in [4.78, 5) is 10.3. The molecule has 0 radical (unpaired) electrons. The lowest BCUT2D eigenvalue weighted by Gasteiger charge is -2.06. The fourth-order valence-corrected chi connectivity index (χ4v) is 1.38. The Hall–Kier alpha value is -1.57. The van der Waals surface area contributed by atoms with Crippen LogP contribution in [0.15, 0.2) is 36.4 Å². The first-order chi connectivity index (χ1) is 7.09. The van der Waals surface area contributed by atoms with Gasteiger partial charge in [-0.2, -0.15) is 0 Å². The molecule has 0 aliphatic rings. The lowest BCUT2D eigenvalue weighted by atomic mass is 10.00. The Kier molecular flexibility index (Phi) is 4.10. The predicted octanol–water partition coefficient (Wildman–Crippen LogP) is 2.99. The predicted molar refractivity (Wildman–Crippen MR) is 61.0 cm³/mol. The Labute approximate surface area is 90.3 Å². The zero-order valence-corrected chi connectivity index (χ0v) is 9.10. The van der Waals surface area contributed by atoms with E-state index in [1.165, 1.54) is 11.6 Å². The summed E-state index contributed by atoms with van der Waals surface area (Å²) >= 11 is 0. The summed E-state index contributed by atoms with van der Waals surface area (Å²) in [6, 6.07) is 8.24. The third-order valence-corrected chi connectivity index (χ3v) is 2.23. The van der Waals surface area contributed by atoms with E-state index in [0.29, 0.717) is 12.3 Å². The van der Waals surface area contributed by atoms with Crippen molar-refractivity contribution >= 4 is 5.97 Å². The van der Waals surface area contributed by atoms with Gasteiger partial charge in [0, 0.05) is 6.08 Å². The average Bonchev–Trinajstić information content (AvgIpc) is 2.17. The molecule has 1 N–H and O–H groups in total. The van der Waals surface area contributed by atoms with Crippen LogP contribution in [0.2, 0.25) is 0 Å². The van der Waals surface area contributed by atoms with Gasteiger partial charge in [-0.05, 0) is 23.5 Å². The number of carboxylic acid groups (broad SMARTS) is 1. The second-order valence-electron chi connectivity index (χ2n) is 3.84. The zero-order chi connectivity index (χ0) is 11.3. The van der Waals surface area contributed by atoms with E-state index in [2.05, 4.69) is 26.0 Å². The summed E-state index contributed by atoms with van der Waals surface area (Å²) in [7, 11) is 0. The van der Waals surface area contributed by atoms with E-state index in [-0.39, 0.29) is 0 Å². The Bertz CT molecular complexity index is 365. The van der Waals surface area contributed by atoms with Crippen LogP contribution in [0.3, 0.4) is 0 Å². The highest BCUT2D eigenvalue weighted by Crippen LogP contribution is 2.15. The van der Waals surface area contributed by atoms with Gasteiger partial charge >= 0.3 is 5.97 Å². The second kappa shape index (κ2) is 5.35. The monoisotopic (exact) mass is 204 g/mol. The molecule has 1 aromatic carbocycles. The van der Waals surface area contributed by atoms with Crippen molar-refractivity contribution in [2.24, 2.45) is 0 Å². The molecule has 0 atom stereocenters. The van der Waals surface area contributed by atoms with Crippen LogP contribution in [0.25, 0.3) is 0 Å². The molecule has 15 heavy (non-hydrogen) atoms. The zero-order valence-electron chi connectivity index (χ0n) is 9.10. The van der Waals surface area contributed by atoms with Crippen molar-refractivity contribution in [2.45, 2.75) is 26.2 Å². The molecule has 2 heteroatoms. The van der Waals surface area contributed by atoms with Gasteiger partial charge < -0.3 is 5.11 Å². The molecule has 0 amide bonds. The molecule has 0 unspecified atom stereocenters. The van der Waals surface area contributed by atoms with E-state index in [1.54, 1.807) is 6.08 Å². The maximum Gasteiger partial charge on any atom is 0.327 e. The number of carboxylic acids is 1. The van der Waals surface area contributed by atoms with Crippen LogP contribution in [-0.2, 0) is 11.2 Å². The van der Waals surface area contributed by atoms with E-state index in [0.717, 1.165) is 5.56 Å². The molecule has 0 aliphatic heterocycles. The van der Waals surface area contributed by atoms with Gasteiger partial charge in [0.05, 0.1) is 0 Å². The van der Waals surface area contributed by atoms with Crippen LogP contribution in [0.1, 0.15) is 30.9 Å². The smallest absolute Gasteiger partial charge is 0.327 e. The number of benzene rings is 1. The highest BCUT2D eigenvalue weighted by Gasteiger charge is 1.99. The molecular formula is C13H16O2. The Morgan fingerprint density at radius 2 is 2.20 bits per heavy atom. The van der Waals surface area contributed by atoms with Crippen molar-refractivity contribution in [1.82, 2.24) is 0 Å². The van der Waals surface area contributed by atoms with Gasteiger partial charge in [-0.3, -0.25) is 0 Å². The Balaban J connectivity index is 2.70. The van der Waals surface area contributed by atoms with E-state index in [9.17, 15) is 4.79 Å². The Morgan fingerprint density at radius 1 is 1.47 bits per heavy atom. The molecule has 0 spiro atoms. The van der Waals surface area contributed by atoms with Crippen molar-refractivity contribution in [2.75, 3.05) is 0 Å². The fourth-order valence-electron chi connectivity index (χ4n) is 1.38. The Morgan fingerprint density at radius 3 is 2.80 bits per heavy atom. The number of hydrogen-bond acceptors (Lipinski definition) is 1. The third-order valence-electron chi connectivity index (χ3n) is 2.23. The molecule has 1 rings (SSSR count). The first kappa shape index (κ1) is 11.5. The number of aliphatic carboxylic acids is 1. The summed E-state index contributed by atoms with van der Waals surface area (Å²) < 4.78 is 0. The molecule has 0 saturated carbocycles. The molecule has 2 nitrogen and oxygen atoms in total. The summed E-state index contributed by atoms with van der Waals surface area (Å²) in [5, 5.41) is 8.45. The van der Waals surface area contributed by atoms with E-state index >= 15 is 0 Å². The number of allylic oxidation sites excluding steroid dienone is 1. The maximum atomic E-state index is 10.3. The standard InChI is InChI=1S/C13H16O2/c1-10(2)12-7-3-5-11(9-12)6-4-8-13(14)15/h3-5,7-10H,6H2,1-2H3,(H,14,15)/b8-4+. The van der Waals surface area contributed by atoms with Crippen molar-refractivity contribution in [3.05, 3.63) is 47.5 Å². The number of hydrogen-bond donors (Lipinski definition) is 1. The van der Waals surface area contributed by atoms with Crippen LogP contribution < -0.4 is 0 Å². The molecule has 0 aromatic heterocycles. The SMILES string of the molecule is CC(C)c1cccc(C/C=C/C(=O)O)c1. The van der Waals surface area contributed by atoms with Crippen molar-refractivity contribution < 1.29 is 9.90 Å². The average molecular weight is 204 g/mol. The largest absolute Gasteiger partial charge is 0.478 e. The lowest BCUT2D eigenvalue weighted by Crippen LogP contribution is -1.91. The molecule has 0 heterocycles. The summed E-state index contributed by atoms with van der Waals surface area (Å²) in [6.45, 7) is 4.29. The highest BCUT2D eigenvalue weighted by molar-refractivity contribution is 5.79. The number of carbonyl (C=O) groups is 1. The van der Waals surface area contributed by atoms with Crippen LogP contribution >= 0.6 is 0 Å². The topological polar surface area (TPSA) is 37.3 Å². The summed E-state index contributed by atoms with van der Waals surface area (Å²) in [5.41, 5.74) is 2.44. The molecule has 80 valence electrons. The minimum Gasteiger partial charge on any atom is -0.478 e. The van der Waals surface area contributed by atoms with Gasteiger partial charge in [0.25, 0.3) is 0 Å². The first-order valence-electron chi connectivity index (χ1n) is 5.08. The molecule has 0 fully saturated rings. The highest BCUT2D eigenvalue weighted by atomic mass is 16.4. The molecule has 0 aliphatic carbocycles. The van der Waals surface area contributed by atoms with Gasteiger partial charge in [0.1, 0.15) is 0 Å². The number of rotatable bonds is 4. The van der Waals surface area contributed by atoms with Crippen LogP contribution in [-0.4, -0.2) is 11.1 Å². The van der Waals surface area contributed by atoms with Crippen molar-refractivity contribution in [1.29, 1.82) is 0 Å². The molecule has 1 aromatic rings. The maximum absolute atomic E-state index is 10.3. The minimum atomic E-state index is -0.894. The summed E-state index contributed by atoms with van der Waals surface area (Å²) in [6.07, 6.45) is 3.52. The molecule has 0 saturated heterocycles.